The van der Waals surface area contributed by atoms with Crippen molar-refractivity contribution in [1.82, 2.24) is 9.97 Å². The Balaban J connectivity index is 1.56. The number of hydrogen-bond donors (Lipinski definition) is 1. The number of hydrogen-bond acceptors (Lipinski definition) is 7. The molecule has 0 fully saturated rings. The van der Waals surface area contributed by atoms with Crippen molar-refractivity contribution >= 4 is 32.4 Å². The monoisotopic (exact) mass is 584 g/mol. The van der Waals surface area contributed by atoms with Gasteiger partial charge in [0.25, 0.3) is 10.0 Å². The van der Waals surface area contributed by atoms with Crippen molar-refractivity contribution in [2.45, 2.75) is 38.4 Å². The number of fused-ring (bicyclic) bond motifs is 1. The lowest BCUT2D eigenvalue weighted by Crippen LogP contribution is -2.16. The minimum Gasteiger partial charge on any atom is -0.493 e. The Kier molecular flexibility index (Phi) is 9.66. The van der Waals surface area contributed by atoms with Crippen molar-refractivity contribution in [3.8, 4) is 23.1 Å². The second kappa shape index (κ2) is 13.4. The number of methoxy groups -OCH3 is 2. The summed E-state index contributed by atoms with van der Waals surface area (Å²) in [5.74, 6) is -0.453. The quantitative estimate of drug-likeness (QED) is 0.112. The molecular formula is C29H30F2N4O5S. The lowest BCUT2D eigenvalue weighted by Gasteiger charge is -2.13. The van der Waals surface area contributed by atoms with Gasteiger partial charge in [-0.05, 0) is 42.3 Å². The number of nitrogens with zero attached hydrogens (tertiary/aromatic N) is 3. The van der Waals surface area contributed by atoms with Gasteiger partial charge in [-0.15, -0.1) is 4.40 Å². The van der Waals surface area contributed by atoms with Crippen LogP contribution in [-0.2, 0) is 15.8 Å². The highest BCUT2D eigenvalue weighted by molar-refractivity contribution is 7.89. The first-order valence-electron chi connectivity index (χ1n) is 12.9. The summed E-state index contributed by atoms with van der Waals surface area (Å²) < 4.78 is 74.4. The van der Waals surface area contributed by atoms with Gasteiger partial charge in [0.15, 0.2) is 23.1 Å². The van der Waals surface area contributed by atoms with Gasteiger partial charge in [-0.25, -0.2) is 27.2 Å². The number of benzene rings is 3. The Bertz CT molecular complexity index is 1650. The number of nitrogens with one attached hydrogen (secondary N) is 1. The summed E-state index contributed by atoms with van der Waals surface area (Å²) >= 11 is 0. The van der Waals surface area contributed by atoms with Crippen LogP contribution in [0.3, 0.4) is 0 Å². The van der Waals surface area contributed by atoms with Crippen LogP contribution in [-0.4, -0.2) is 38.4 Å². The van der Waals surface area contributed by atoms with E-state index in [2.05, 4.69) is 19.7 Å². The van der Waals surface area contributed by atoms with Gasteiger partial charge in [-0.3, -0.25) is 0 Å². The van der Waals surface area contributed by atoms with E-state index in [1.165, 1.54) is 56.9 Å². The highest BCUT2D eigenvalue weighted by Crippen LogP contribution is 2.36. The fraction of sp³-hybridized carbons (Fsp3) is 0.276. The van der Waals surface area contributed by atoms with Crippen LogP contribution in [0, 0.1) is 11.6 Å². The van der Waals surface area contributed by atoms with Crippen molar-refractivity contribution in [1.29, 1.82) is 0 Å². The van der Waals surface area contributed by atoms with Gasteiger partial charge >= 0.3 is 0 Å². The van der Waals surface area contributed by atoms with Crippen molar-refractivity contribution in [2.75, 3.05) is 19.5 Å². The van der Waals surface area contributed by atoms with Crippen LogP contribution in [0.25, 0.3) is 10.9 Å². The Morgan fingerprint density at radius 3 is 2.34 bits per heavy atom. The number of halogens is 2. The lowest BCUT2D eigenvalue weighted by atomic mass is 10.2. The molecule has 12 heteroatoms. The molecule has 41 heavy (non-hydrogen) atoms. The number of aromatic nitrogens is 2. The molecule has 1 aromatic heterocycles. The van der Waals surface area contributed by atoms with E-state index >= 15 is 4.39 Å². The molecule has 3 aromatic carbocycles. The van der Waals surface area contributed by atoms with Crippen molar-refractivity contribution in [3.63, 3.8) is 0 Å². The number of rotatable bonds is 12. The van der Waals surface area contributed by atoms with E-state index in [1.807, 2.05) is 6.92 Å². The second-order valence-corrected chi connectivity index (χ2v) is 10.8. The molecule has 0 bridgehead atoms. The Labute approximate surface area is 237 Å². The largest absolute Gasteiger partial charge is 0.493 e. The molecule has 4 rings (SSSR count). The molecule has 0 aliphatic heterocycles. The zero-order valence-electron chi connectivity index (χ0n) is 22.9. The molecular weight excluding hydrogens is 554 g/mol. The Morgan fingerprint density at radius 2 is 1.66 bits per heavy atom. The molecule has 216 valence electrons. The number of ether oxygens (including phenoxy) is 3. The van der Waals surface area contributed by atoms with Gasteiger partial charge < -0.3 is 19.5 Å². The van der Waals surface area contributed by atoms with Crippen LogP contribution in [0.1, 0.15) is 38.2 Å². The maximum absolute atomic E-state index is 15.2. The van der Waals surface area contributed by atoms with Gasteiger partial charge in [-0.2, -0.15) is 0 Å². The van der Waals surface area contributed by atoms with E-state index in [0.717, 1.165) is 12.8 Å². The predicted octanol–water partition coefficient (Wildman–Crippen LogP) is 6.64. The first-order chi connectivity index (χ1) is 19.7. The predicted molar refractivity (Wildman–Crippen MR) is 153 cm³/mol. The SMILES string of the molecule is CCCCC/C(=N\S(=O)(=O)Cc1ccc(F)cc1)Nc1ccc(Oc2ncnc3cc(OC)c(OC)cc23)c(F)c1. The zero-order valence-corrected chi connectivity index (χ0v) is 23.7. The van der Waals surface area contributed by atoms with E-state index in [9.17, 15) is 12.8 Å². The standard InChI is InChI=1S/C29H30F2N4O5S/c1-4-5-6-7-28(35-41(36,37)17-19-8-10-20(30)11-9-19)34-21-12-13-25(23(31)14-21)40-29-22-15-26(38-2)27(39-3)16-24(22)32-18-33-29/h8-16,18H,4-7,17H2,1-3H3,(H,34,35). The molecule has 9 nitrogen and oxygen atoms in total. The van der Waals surface area contributed by atoms with Crippen molar-refractivity contribution < 1.29 is 31.4 Å². The van der Waals surface area contributed by atoms with Gasteiger partial charge in [0.2, 0.25) is 5.88 Å². The number of amidine groups is 1. The third kappa shape index (κ3) is 7.88. The molecule has 1 heterocycles. The molecule has 0 atom stereocenters. The molecule has 0 aliphatic rings. The highest BCUT2D eigenvalue weighted by Gasteiger charge is 2.16. The Morgan fingerprint density at radius 1 is 0.927 bits per heavy atom. The van der Waals surface area contributed by atoms with Crippen LogP contribution in [0.5, 0.6) is 23.1 Å². The summed E-state index contributed by atoms with van der Waals surface area (Å²) in [7, 11) is -0.942. The normalized spacial score (nSPS) is 11.9. The minimum atomic E-state index is -3.94. The third-order valence-corrected chi connectivity index (χ3v) is 7.26. The van der Waals surface area contributed by atoms with Crippen LogP contribution in [0.2, 0.25) is 0 Å². The van der Waals surface area contributed by atoms with E-state index in [-0.39, 0.29) is 17.5 Å². The number of unbranched alkanes of at least 4 members (excludes halogenated alkanes) is 2. The molecule has 0 saturated heterocycles. The molecule has 1 N–H and O–H groups in total. The Hall–Kier alpha value is -4.32. The number of sulfonamides is 1. The summed E-state index contributed by atoms with van der Waals surface area (Å²) in [5, 5.41) is 3.43. The van der Waals surface area contributed by atoms with E-state index in [4.69, 9.17) is 14.2 Å². The first-order valence-corrected chi connectivity index (χ1v) is 14.5. The molecule has 0 aliphatic carbocycles. The van der Waals surface area contributed by atoms with E-state index in [0.29, 0.717) is 46.5 Å². The molecule has 0 radical (unpaired) electrons. The van der Waals surface area contributed by atoms with Gasteiger partial charge in [0.05, 0.1) is 30.9 Å². The maximum atomic E-state index is 15.2. The third-order valence-electron chi connectivity index (χ3n) is 6.06. The van der Waals surface area contributed by atoms with Gasteiger partial charge in [-0.1, -0.05) is 31.9 Å². The smallest absolute Gasteiger partial charge is 0.258 e. The average molecular weight is 585 g/mol. The molecule has 0 saturated carbocycles. The van der Waals surface area contributed by atoms with Crippen LogP contribution >= 0.6 is 0 Å². The van der Waals surface area contributed by atoms with Crippen molar-refractivity contribution in [3.05, 3.63) is 78.1 Å². The summed E-state index contributed by atoms with van der Waals surface area (Å²) in [4.78, 5) is 8.36. The summed E-state index contributed by atoms with van der Waals surface area (Å²) in [6.07, 6.45) is 4.11. The number of anilines is 1. The molecule has 0 amide bonds. The lowest BCUT2D eigenvalue weighted by molar-refractivity contribution is 0.355. The maximum Gasteiger partial charge on any atom is 0.258 e. The first kappa shape index (κ1) is 29.7. The minimum absolute atomic E-state index is 0.0984. The molecule has 0 spiro atoms. The average Bonchev–Trinajstić information content (AvgIpc) is 2.94. The molecule has 4 aromatic rings. The zero-order chi connectivity index (χ0) is 29.4. The van der Waals surface area contributed by atoms with E-state index in [1.54, 1.807) is 18.2 Å². The van der Waals surface area contributed by atoms with Crippen LogP contribution < -0.4 is 19.5 Å². The van der Waals surface area contributed by atoms with E-state index < -0.39 is 27.4 Å². The van der Waals surface area contributed by atoms with Crippen LogP contribution in [0.15, 0.2) is 65.3 Å². The van der Waals surface area contributed by atoms with Gasteiger partial charge in [0, 0.05) is 24.2 Å². The fourth-order valence-corrected chi connectivity index (χ4v) is 5.19. The summed E-state index contributed by atoms with van der Waals surface area (Å²) in [5.41, 5.74) is 1.21. The van der Waals surface area contributed by atoms with Gasteiger partial charge in [0.1, 0.15) is 18.0 Å². The summed E-state index contributed by atoms with van der Waals surface area (Å²) in [6.45, 7) is 2.02. The van der Waals surface area contributed by atoms with Crippen LogP contribution in [0.4, 0.5) is 14.5 Å². The molecule has 0 unspecified atom stereocenters. The highest BCUT2D eigenvalue weighted by atomic mass is 32.2. The fourth-order valence-electron chi connectivity index (χ4n) is 4.04. The van der Waals surface area contributed by atoms with Crippen molar-refractivity contribution in [2.24, 2.45) is 4.40 Å². The second-order valence-electron chi connectivity index (χ2n) is 9.12. The topological polar surface area (TPSA) is 112 Å². The summed E-state index contributed by atoms with van der Waals surface area (Å²) in [6, 6.07) is 12.6.